The average Bonchev–Trinajstić information content (AvgIpc) is 2.29. The number of rotatable bonds is 2. The van der Waals surface area contributed by atoms with E-state index in [1.807, 2.05) is 19.1 Å². The van der Waals surface area contributed by atoms with Gasteiger partial charge in [-0.1, -0.05) is 18.2 Å². The first kappa shape index (κ1) is 12.6. The third-order valence-electron chi connectivity index (χ3n) is 2.41. The molecule has 0 aliphatic rings. The van der Waals surface area contributed by atoms with Gasteiger partial charge in [0, 0.05) is 3.57 Å². The summed E-state index contributed by atoms with van der Waals surface area (Å²) in [7, 11) is -3.39. The quantitative estimate of drug-likeness (QED) is 0.771. The number of halogens is 1. The van der Waals surface area contributed by atoms with Gasteiger partial charge in [-0.15, -0.1) is 0 Å². The van der Waals surface area contributed by atoms with E-state index in [-0.39, 0.29) is 0 Å². The highest BCUT2D eigenvalue weighted by Crippen LogP contribution is 2.22. The molecule has 0 aromatic heterocycles. The van der Waals surface area contributed by atoms with Crippen molar-refractivity contribution in [2.75, 3.05) is 0 Å². The van der Waals surface area contributed by atoms with Crippen molar-refractivity contribution in [2.24, 2.45) is 0 Å². The number of hydrogen-bond acceptors (Lipinski definition) is 2. The summed E-state index contributed by atoms with van der Waals surface area (Å²) in [6.45, 7) is 1.88. The van der Waals surface area contributed by atoms with Crippen LogP contribution in [0.25, 0.3) is 0 Å². The molecular weight excluding hydrogens is 347 g/mol. The normalized spacial score (nSPS) is 11.4. The second kappa shape index (κ2) is 4.78. The summed E-state index contributed by atoms with van der Waals surface area (Å²) >= 11 is 2.11. The molecular formula is C13H11IO2S. The summed E-state index contributed by atoms with van der Waals surface area (Å²) in [6, 6.07) is 13.9. The van der Waals surface area contributed by atoms with Crippen LogP contribution in [0.4, 0.5) is 0 Å². The maximum Gasteiger partial charge on any atom is 0.206 e. The van der Waals surface area contributed by atoms with Crippen molar-refractivity contribution in [2.45, 2.75) is 16.7 Å². The predicted octanol–water partition coefficient (Wildman–Crippen LogP) is 3.43. The van der Waals surface area contributed by atoms with E-state index in [0.29, 0.717) is 9.79 Å². The molecule has 0 aliphatic heterocycles. The molecule has 0 bridgehead atoms. The van der Waals surface area contributed by atoms with Gasteiger partial charge in [0.25, 0.3) is 0 Å². The van der Waals surface area contributed by atoms with E-state index in [1.165, 1.54) is 0 Å². The van der Waals surface area contributed by atoms with Crippen LogP contribution in [-0.4, -0.2) is 8.42 Å². The molecule has 0 atom stereocenters. The van der Waals surface area contributed by atoms with Crippen LogP contribution in [0.3, 0.4) is 0 Å². The van der Waals surface area contributed by atoms with E-state index in [0.717, 1.165) is 9.13 Å². The monoisotopic (exact) mass is 358 g/mol. The highest BCUT2D eigenvalue weighted by atomic mass is 127. The Morgan fingerprint density at radius 3 is 2.12 bits per heavy atom. The van der Waals surface area contributed by atoms with Crippen LogP contribution in [-0.2, 0) is 9.84 Å². The van der Waals surface area contributed by atoms with E-state index in [9.17, 15) is 8.42 Å². The number of aryl methyl sites for hydroxylation is 1. The van der Waals surface area contributed by atoms with Crippen molar-refractivity contribution >= 4 is 32.4 Å². The Hall–Kier alpha value is -0.880. The van der Waals surface area contributed by atoms with E-state index in [2.05, 4.69) is 22.6 Å². The number of benzene rings is 2. The summed E-state index contributed by atoms with van der Waals surface area (Å²) in [5.41, 5.74) is 0.941. The van der Waals surface area contributed by atoms with Gasteiger partial charge in [0.1, 0.15) is 0 Å². The van der Waals surface area contributed by atoms with Crippen molar-refractivity contribution in [3.63, 3.8) is 0 Å². The number of sulfone groups is 1. The Morgan fingerprint density at radius 2 is 1.53 bits per heavy atom. The van der Waals surface area contributed by atoms with Gasteiger partial charge < -0.3 is 0 Å². The van der Waals surface area contributed by atoms with Crippen molar-refractivity contribution in [1.29, 1.82) is 0 Å². The predicted molar refractivity (Wildman–Crippen MR) is 75.8 cm³/mol. The van der Waals surface area contributed by atoms with Crippen LogP contribution in [0, 0.1) is 10.5 Å². The molecule has 4 heteroatoms. The zero-order chi connectivity index (χ0) is 12.5. The van der Waals surface area contributed by atoms with Crippen LogP contribution in [0.2, 0.25) is 0 Å². The molecule has 0 saturated carbocycles. The minimum absolute atomic E-state index is 0.343. The van der Waals surface area contributed by atoms with Gasteiger partial charge in [0.2, 0.25) is 9.84 Å². The highest BCUT2D eigenvalue weighted by Gasteiger charge is 2.17. The van der Waals surface area contributed by atoms with Crippen molar-refractivity contribution in [3.05, 3.63) is 57.7 Å². The van der Waals surface area contributed by atoms with Crippen LogP contribution >= 0.6 is 22.6 Å². The molecule has 17 heavy (non-hydrogen) atoms. The van der Waals surface area contributed by atoms with Crippen molar-refractivity contribution < 1.29 is 8.42 Å². The Balaban J connectivity index is 2.58. The first-order valence-corrected chi connectivity index (χ1v) is 7.64. The van der Waals surface area contributed by atoms with Crippen LogP contribution in [0.1, 0.15) is 5.56 Å². The minimum Gasteiger partial charge on any atom is -0.219 e. The van der Waals surface area contributed by atoms with E-state index in [1.54, 1.807) is 36.4 Å². The fraction of sp³-hybridized carbons (Fsp3) is 0.0769. The summed E-state index contributed by atoms with van der Waals surface area (Å²) in [4.78, 5) is 0.689. The smallest absolute Gasteiger partial charge is 0.206 e. The van der Waals surface area contributed by atoms with Crippen molar-refractivity contribution in [1.82, 2.24) is 0 Å². The molecule has 0 N–H and O–H groups in total. The Labute approximate surface area is 115 Å². The molecule has 0 spiro atoms. The van der Waals surface area contributed by atoms with Crippen LogP contribution in [0.5, 0.6) is 0 Å². The molecule has 2 aromatic rings. The zero-order valence-corrected chi connectivity index (χ0v) is 12.2. The molecule has 2 aromatic carbocycles. The Kier molecular flexibility index (Phi) is 3.53. The summed E-state index contributed by atoms with van der Waals surface area (Å²) in [6.07, 6.45) is 0. The fourth-order valence-corrected chi connectivity index (χ4v) is 3.72. The van der Waals surface area contributed by atoms with E-state index in [4.69, 9.17) is 0 Å². The van der Waals surface area contributed by atoms with Gasteiger partial charge in [-0.3, -0.25) is 0 Å². The van der Waals surface area contributed by atoms with Gasteiger partial charge in [0.05, 0.1) is 9.79 Å². The lowest BCUT2D eigenvalue weighted by Gasteiger charge is -2.05. The summed E-state index contributed by atoms with van der Waals surface area (Å²) in [5, 5.41) is 0. The Bertz CT molecular complexity index is 596. The summed E-state index contributed by atoms with van der Waals surface area (Å²) in [5.74, 6) is 0. The molecule has 0 heterocycles. The number of hydrogen-bond donors (Lipinski definition) is 0. The minimum atomic E-state index is -3.39. The summed E-state index contributed by atoms with van der Waals surface area (Å²) < 4.78 is 25.6. The van der Waals surface area contributed by atoms with Gasteiger partial charge in [-0.2, -0.15) is 0 Å². The van der Waals surface area contributed by atoms with Gasteiger partial charge in [-0.25, -0.2) is 8.42 Å². The fourth-order valence-electron chi connectivity index (χ4n) is 1.55. The lowest BCUT2D eigenvalue weighted by Crippen LogP contribution is -2.02. The van der Waals surface area contributed by atoms with Crippen LogP contribution in [0.15, 0.2) is 58.3 Å². The third-order valence-corrected chi connectivity index (χ3v) is 4.83. The van der Waals surface area contributed by atoms with Gasteiger partial charge in [0.15, 0.2) is 0 Å². The van der Waals surface area contributed by atoms with Gasteiger partial charge >= 0.3 is 0 Å². The third kappa shape index (κ3) is 2.69. The molecule has 0 saturated heterocycles. The molecule has 0 amide bonds. The van der Waals surface area contributed by atoms with Gasteiger partial charge in [-0.05, 0) is 65.4 Å². The standard InChI is InChI=1S/C13H11IO2S/c1-10-4-2-6-12(8-10)17(15,16)13-7-3-5-11(14)9-13/h2-9H,1H3. The largest absolute Gasteiger partial charge is 0.219 e. The molecule has 0 aliphatic carbocycles. The topological polar surface area (TPSA) is 34.1 Å². The van der Waals surface area contributed by atoms with E-state index >= 15 is 0 Å². The zero-order valence-electron chi connectivity index (χ0n) is 9.22. The van der Waals surface area contributed by atoms with Crippen LogP contribution < -0.4 is 0 Å². The molecule has 2 nitrogen and oxygen atoms in total. The molecule has 0 radical (unpaired) electrons. The molecule has 0 fully saturated rings. The SMILES string of the molecule is Cc1cccc(S(=O)(=O)c2cccc(I)c2)c1. The second-order valence-electron chi connectivity index (χ2n) is 3.78. The molecule has 88 valence electrons. The Morgan fingerprint density at radius 1 is 0.941 bits per heavy atom. The van der Waals surface area contributed by atoms with E-state index < -0.39 is 9.84 Å². The van der Waals surface area contributed by atoms with Crippen molar-refractivity contribution in [3.8, 4) is 0 Å². The average molecular weight is 358 g/mol. The first-order chi connectivity index (χ1) is 8.00. The molecule has 0 unspecified atom stereocenters. The lowest BCUT2D eigenvalue weighted by molar-refractivity contribution is 0.596. The second-order valence-corrected chi connectivity index (χ2v) is 6.97. The molecule has 2 rings (SSSR count). The lowest BCUT2D eigenvalue weighted by atomic mass is 10.2. The highest BCUT2D eigenvalue weighted by molar-refractivity contribution is 14.1. The maximum atomic E-state index is 12.3. The first-order valence-electron chi connectivity index (χ1n) is 5.07. The maximum absolute atomic E-state index is 12.3.